The topological polar surface area (TPSA) is 80.9 Å². The van der Waals surface area contributed by atoms with Gasteiger partial charge in [-0.15, -0.1) is 12.4 Å². The molecule has 0 aromatic carbocycles. The van der Waals surface area contributed by atoms with Crippen LogP contribution >= 0.6 is 12.4 Å². The van der Waals surface area contributed by atoms with E-state index in [1.807, 2.05) is 13.8 Å². The SMILES string of the molecule is CCc1nnc(C)cc1C(=O)NCC(N)C1CC1.Cl. The zero-order chi connectivity index (χ0) is 13.1. The van der Waals surface area contributed by atoms with Crippen LogP contribution in [0.3, 0.4) is 0 Å². The van der Waals surface area contributed by atoms with E-state index in [0.29, 0.717) is 24.4 Å². The number of hydrogen-bond acceptors (Lipinski definition) is 4. The summed E-state index contributed by atoms with van der Waals surface area (Å²) in [4.78, 5) is 12.1. The van der Waals surface area contributed by atoms with Crippen molar-refractivity contribution in [1.29, 1.82) is 0 Å². The minimum absolute atomic E-state index is 0. The molecule has 1 heterocycles. The normalized spacial score (nSPS) is 15.5. The molecule has 1 saturated carbocycles. The van der Waals surface area contributed by atoms with E-state index >= 15 is 0 Å². The number of aryl methyl sites for hydroxylation is 2. The van der Waals surface area contributed by atoms with E-state index in [1.165, 1.54) is 12.8 Å². The van der Waals surface area contributed by atoms with Crippen molar-refractivity contribution in [2.45, 2.75) is 39.2 Å². The summed E-state index contributed by atoms with van der Waals surface area (Å²) in [6.45, 7) is 4.33. The Bertz CT molecular complexity index is 448. The van der Waals surface area contributed by atoms with Crippen LogP contribution in [-0.4, -0.2) is 28.7 Å². The number of nitrogens with zero attached hydrogens (tertiary/aromatic N) is 2. The minimum atomic E-state index is -0.0963. The summed E-state index contributed by atoms with van der Waals surface area (Å²) < 4.78 is 0. The van der Waals surface area contributed by atoms with Crippen molar-refractivity contribution in [1.82, 2.24) is 15.5 Å². The minimum Gasteiger partial charge on any atom is -0.350 e. The summed E-state index contributed by atoms with van der Waals surface area (Å²) in [7, 11) is 0. The number of carbonyl (C=O) groups is 1. The molecule has 5 nitrogen and oxygen atoms in total. The van der Waals surface area contributed by atoms with Crippen LogP contribution in [-0.2, 0) is 6.42 Å². The highest BCUT2D eigenvalue weighted by Crippen LogP contribution is 2.31. The van der Waals surface area contributed by atoms with Crippen LogP contribution in [0.1, 0.15) is 41.5 Å². The molecule has 0 spiro atoms. The van der Waals surface area contributed by atoms with E-state index in [1.54, 1.807) is 6.07 Å². The van der Waals surface area contributed by atoms with Crippen LogP contribution in [0.25, 0.3) is 0 Å². The number of nitrogens with two attached hydrogens (primary N) is 1. The summed E-state index contributed by atoms with van der Waals surface area (Å²) in [5.74, 6) is 0.495. The fourth-order valence-corrected chi connectivity index (χ4v) is 1.97. The predicted octanol–water partition coefficient (Wildman–Crippen LogP) is 1.24. The lowest BCUT2D eigenvalue weighted by Gasteiger charge is -2.12. The molecule has 6 heteroatoms. The van der Waals surface area contributed by atoms with Gasteiger partial charge < -0.3 is 11.1 Å². The van der Waals surface area contributed by atoms with Gasteiger partial charge >= 0.3 is 0 Å². The molecule has 1 amide bonds. The van der Waals surface area contributed by atoms with Crippen molar-refractivity contribution in [3.63, 3.8) is 0 Å². The monoisotopic (exact) mass is 284 g/mol. The number of nitrogens with one attached hydrogen (secondary N) is 1. The zero-order valence-electron chi connectivity index (χ0n) is 11.3. The third-order valence-electron chi connectivity index (χ3n) is 3.30. The molecule has 0 radical (unpaired) electrons. The first-order valence-electron chi connectivity index (χ1n) is 6.48. The molecule has 1 aromatic rings. The quantitative estimate of drug-likeness (QED) is 0.852. The number of carbonyl (C=O) groups excluding carboxylic acids is 1. The van der Waals surface area contributed by atoms with Gasteiger partial charge in [-0.1, -0.05) is 6.92 Å². The van der Waals surface area contributed by atoms with Crippen LogP contribution < -0.4 is 11.1 Å². The molecular weight excluding hydrogens is 264 g/mol. The highest BCUT2D eigenvalue weighted by molar-refractivity contribution is 5.95. The molecular formula is C13H21ClN4O. The highest BCUT2D eigenvalue weighted by atomic mass is 35.5. The molecule has 1 aromatic heterocycles. The summed E-state index contributed by atoms with van der Waals surface area (Å²) in [6.07, 6.45) is 3.07. The first kappa shape index (κ1) is 15.9. The highest BCUT2D eigenvalue weighted by Gasteiger charge is 2.28. The van der Waals surface area contributed by atoms with E-state index in [4.69, 9.17) is 5.73 Å². The fourth-order valence-electron chi connectivity index (χ4n) is 1.97. The molecule has 1 aliphatic rings. The Balaban J connectivity index is 0.00000180. The van der Waals surface area contributed by atoms with E-state index in [-0.39, 0.29) is 24.4 Å². The zero-order valence-corrected chi connectivity index (χ0v) is 12.2. The number of aromatic nitrogens is 2. The predicted molar refractivity (Wildman–Crippen MR) is 76.4 cm³/mol. The number of amides is 1. The standard InChI is InChI=1S/C13H20N4O.ClH/c1-3-12-10(6-8(2)16-17-12)13(18)15-7-11(14)9-4-5-9;/h6,9,11H,3-5,7,14H2,1-2H3,(H,15,18);1H. The van der Waals surface area contributed by atoms with E-state index in [9.17, 15) is 4.79 Å². The van der Waals surface area contributed by atoms with Crippen molar-refractivity contribution in [2.75, 3.05) is 6.54 Å². The van der Waals surface area contributed by atoms with Crippen LogP contribution in [0.4, 0.5) is 0 Å². The molecule has 0 saturated heterocycles. The summed E-state index contributed by atoms with van der Waals surface area (Å²) in [5, 5.41) is 10.9. The van der Waals surface area contributed by atoms with E-state index < -0.39 is 0 Å². The van der Waals surface area contributed by atoms with Crippen molar-refractivity contribution in [2.24, 2.45) is 11.7 Å². The largest absolute Gasteiger partial charge is 0.350 e. The molecule has 1 aliphatic carbocycles. The molecule has 3 N–H and O–H groups in total. The molecule has 0 aliphatic heterocycles. The Hall–Kier alpha value is -1.20. The van der Waals surface area contributed by atoms with Gasteiger partial charge in [-0.2, -0.15) is 10.2 Å². The average molecular weight is 285 g/mol. The molecule has 1 atom stereocenters. The average Bonchev–Trinajstić information content (AvgIpc) is 3.19. The Morgan fingerprint density at radius 3 is 2.79 bits per heavy atom. The van der Waals surface area contributed by atoms with Crippen molar-refractivity contribution in [3.8, 4) is 0 Å². The molecule has 2 rings (SSSR count). The van der Waals surface area contributed by atoms with Gasteiger partial charge in [0.25, 0.3) is 5.91 Å². The summed E-state index contributed by atoms with van der Waals surface area (Å²) >= 11 is 0. The maximum absolute atomic E-state index is 12.1. The van der Waals surface area contributed by atoms with Gasteiger partial charge in [-0.05, 0) is 38.2 Å². The van der Waals surface area contributed by atoms with E-state index in [2.05, 4.69) is 15.5 Å². The Morgan fingerprint density at radius 1 is 1.53 bits per heavy atom. The van der Waals surface area contributed by atoms with Gasteiger partial charge in [-0.3, -0.25) is 4.79 Å². The first-order chi connectivity index (χ1) is 8.61. The lowest BCUT2D eigenvalue weighted by atomic mass is 10.1. The number of rotatable bonds is 5. The molecule has 106 valence electrons. The van der Waals surface area contributed by atoms with Crippen LogP contribution in [0, 0.1) is 12.8 Å². The second kappa shape index (κ2) is 6.82. The van der Waals surface area contributed by atoms with Crippen LogP contribution in [0.2, 0.25) is 0 Å². The van der Waals surface area contributed by atoms with Crippen molar-refractivity contribution < 1.29 is 4.79 Å². The maximum atomic E-state index is 12.1. The van der Waals surface area contributed by atoms with Crippen molar-refractivity contribution in [3.05, 3.63) is 23.0 Å². The second-order valence-electron chi connectivity index (χ2n) is 4.91. The first-order valence-corrected chi connectivity index (χ1v) is 6.48. The van der Waals surface area contributed by atoms with Crippen molar-refractivity contribution >= 4 is 18.3 Å². The van der Waals surface area contributed by atoms with Crippen LogP contribution in [0.5, 0.6) is 0 Å². The third kappa shape index (κ3) is 4.14. The summed E-state index contributed by atoms with van der Waals surface area (Å²) in [5.41, 5.74) is 8.07. The number of halogens is 1. The van der Waals surface area contributed by atoms with Gasteiger partial charge in [0, 0.05) is 12.6 Å². The molecule has 1 unspecified atom stereocenters. The lowest BCUT2D eigenvalue weighted by Crippen LogP contribution is -2.39. The Kier molecular flexibility index (Phi) is 5.69. The Morgan fingerprint density at radius 2 is 2.21 bits per heavy atom. The molecule has 0 bridgehead atoms. The second-order valence-corrected chi connectivity index (χ2v) is 4.91. The summed E-state index contributed by atoms with van der Waals surface area (Å²) in [6, 6.07) is 1.86. The lowest BCUT2D eigenvalue weighted by molar-refractivity contribution is 0.0948. The van der Waals surface area contributed by atoms with Gasteiger partial charge in [-0.25, -0.2) is 0 Å². The van der Waals surface area contributed by atoms with Gasteiger partial charge in [0.15, 0.2) is 0 Å². The number of hydrogen-bond donors (Lipinski definition) is 2. The van der Waals surface area contributed by atoms with E-state index in [0.717, 1.165) is 11.4 Å². The smallest absolute Gasteiger partial charge is 0.253 e. The van der Waals surface area contributed by atoms with Crippen LogP contribution in [0.15, 0.2) is 6.07 Å². The van der Waals surface area contributed by atoms with Gasteiger partial charge in [0.2, 0.25) is 0 Å². The molecule has 19 heavy (non-hydrogen) atoms. The maximum Gasteiger partial charge on any atom is 0.253 e. The van der Waals surface area contributed by atoms with Gasteiger partial charge in [0.05, 0.1) is 17.0 Å². The Labute approximate surface area is 119 Å². The van der Waals surface area contributed by atoms with Gasteiger partial charge in [0.1, 0.15) is 0 Å². The third-order valence-corrected chi connectivity index (χ3v) is 3.30. The molecule has 1 fully saturated rings. The fraction of sp³-hybridized carbons (Fsp3) is 0.615.